The number of halogens is 1. The molecule has 1 N–H and O–H groups in total. The molecule has 1 aliphatic rings. The Labute approximate surface area is 74.1 Å². The molecule has 62 valence electrons. The van der Waals surface area contributed by atoms with E-state index in [-0.39, 0.29) is 10.3 Å². The molecule has 0 saturated heterocycles. The summed E-state index contributed by atoms with van der Waals surface area (Å²) in [6.07, 6.45) is 1.62. The molecular weight excluding hydrogens is 178 g/mol. The van der Waals surface area contributed by atoms with Crippen molar-refractivity contribution in [1.82, 2.24) is 4.98 Å². The Balaban J connectivity index is 2.67. The third kappa shape index (κ3) is 0.929. The van der Waals surface area contributed by atoms with Crippen LogP contribution in [-0.4, -0.2) is 10.2 Å². The van der Waals surface area contributed by atoms with Gasteiger partial charge in [0, 0.05) is 11.8 Å². The Morgan fingerprint density at radius 1 is 1.58 bits per heavy atom. The van der Waals surface area contributed by atoms with Crippen LogP contribution in [0.2, 0.25) is 0 Å². The van der Waals surface area contributed by atoms with E-state index in [1.165, 1.54) is 0 Å². The first kappa shape index (κ1) is 7.67. The Bertz CT molecular complexity index is 364. The summed E-state index contributed by atoms with van der Waals surface area (Å²) < 4.78 is 0. The Morgan fingerprint density at radius 2 is 2.33 bits per heavy atom. The lowest BCUT2D eigenvalue weighted by Gasteiger charge is -2.10. The van der Waals surface area contributed by atoms with E-state index in [9.17, 15) is 5.21 Å². The molecule has 0 radical (unpaired) electrons. The summed E-state index contributed by atoms with van der Waals surface area (Å²) in [6, 6.07) is 1.77. The first-order chi connectivity index (χ1) is 5.70. The normalized spacial score (nSPS) is 20.6. The van der Waals surface area contributed by atoms with Gasteiger partial charge in [0.2, 0.25) is 5.17 Å². The van der Waals surface area contributed by atoms with Crippen molar-refractivity contribution in [1.29, 1.82) is 0 Å². The van der Waals surface area contributed by atoms with Crippen molar-refractivity contribution in [3.8, 4) is 0 Å². The van der Waals surface area contributed by atoms with Crippen LogP contribution in [0.4, 0.5) is 5.69 Å². The molecule has 0 aromatic carbocycles. The second kappa shape index (κ2) is 2.52. The summed E-state index contributed by atoms with van der Waals surface area (Å²) in [4.78, 5) is 3.97. The predicted molar refractivity (Wildman–Crippen MR) is 45.4 cm³/mol. The number of quaternary nitrogens is 1. The van der Waals surface area contributed by atoms with E-state index in [0.717, 1.165) is 5.56 Å². The maximum absolute atomic E-state index is 11.2. The van der Waals surface area contributed by atoms with Gasteiger partial charge >= 0.3 is 0 Å². The fourth-order valence-corrected chi connectivity index (χ4v) is 1.40. The number of nitrogens with zero attached hydrogens (tertiary/aromatic N) is 2. The number of hydrogen-bond acceptors (Lipinski definition) is 3. The van der Waals surface area contributed by atoms with E-state index in [4.69, 9.17) is 11.6 Å². The van der Waals surface area contributed by atoms with Gasteiger partial charge in [-0.2, -0.15) is 0 Å². The summed E-state index contributed by atoms with van der Waals surface area (Å²) >= 11 is 5.68. The molecule has 5 heteroatoms. The smallest absolute Gasteiger partial charge is 0.217 e. The van der Waals surface area contributed by atoms with E-state index in [1.807, 2.05) is 6.92 Å². The molecule has 12 heavy (non-hydrogen) atoms. The minimum Gasteiger partial charge on any atom is -0.601 e. The highest BCUT2D eigenvalue weighted by Gasteiger charge is 2.25. The van der Waals surface area contributed by atoms with Crippen LogP contribution in [-0.2, 0) is 0 Å². The SMILES string of the molecule is Cc1ccnc2c1[NH+]([O-])N=C2Cl. The minimum atomic E-state index is -0.291. The summed E-state index contributed by atoms with van der Waals surface area (Å²) in [6.45, 7) is 1.84. The molecule has 0 fully saturated rings. The van der Waals surface area contributed by atoms with Crippen LogP contribution < -0.4 is 5.17 Å². The molecule has 1 aromatic rings. The van der Waals surface area contributed by atoms with Gasteiger partial charge in [-0.3, -0.25) is 0 Å². The van der Waals surface area contributed by atoms with Crippen LogP contribution in [0.15, 0.2) is 17.4 Å². The van der Waals surface area contributed by atoms with E-state index in [0.29, 0.717) is 11.4 Å². The molecule has 1 unspecified atom stereocenters. The van der Waals surface area contributed by atoms with Crippen LogP contribution in [0.1, 0.15) is 11.3 Å². The van der Waals surface area contributed by atoms with Crippen LogP contribution >= 0.6 is 11.6 Å². The largest absolute Gasteiger partial charge is 0.601 e. The van der Waals surface area contributed by atoms with Crippen molar-refractivity contribution in [2.24, 2.45) is 5.10 Å². The third-order valence-electron chi connectivity index (χ3n) is 1.77. The fraction of sp³-hybridized carbons (Fsp3) is 0.143. The maximum Gasteiger partial charge on any atom is 0.217 e. The van der Waals surface area contributed by atoms with Gasteiger partial charge in [0.15, 0.2) is 11.4 Å². The Morgan fingerprint density at radius 3 is 3.00 bits per heavy atom. The maximum atomic E-state index is 11.2. The minimum absolute atomic E-state index is 0.193. The van der Waals surface area contributed by atoms with Gasteiger partial charge < -0.3 is 5.21 Å². The van der Waals surface area contributed by atoms with Gasteiger partial charge in [-0.25, -0.2) is 10.2 Å². The number of aryl methyl sites for hydroxylation is 1. The number of pyridine rings is 1. The molecule has 1 aliphatic heterocycles. The zero-order valence-corrected chi connectivity index (χ0v) is 7.09. The van der Waals surface area contributed by atoms with Gasteiger partial charge in [-0.05, 0) is 13.0 Å². The van der Waals surface area contributed by atoms with E-state index >= 15 is 0 Å². The summed E-state index contributed by atoms with van der Waals surface area (Å²) in [7, 11) is 0. The van der Waals surface area contributed by atoms with Gasteiger partial charge in [-0.15, -0.1) is 0 Å². The molecule has 0 amide bonds. The standard InChI is InChI=1S/C7H6ClN3O/c1-4-2-3-9-5-6(4)11(12)10-7(5)8/h2-3,11H,1H3. The Kier molecular flexibility index (Phi) is 1.61. The topological polar surface area (TPSA) is 52.8 Å². The average Bonchev–Trinajstić information content (AvgIpc) is 2.29. The Hall–Kier alpha value is -0.970. The predicted octanol–water partition coefficient (Wildman–Crippen LogP) is 0.318. The molecule has 4 nitrogen and oxygen atoms in total. The molecule has 0 aliphatic carbocycles. The third-order valence-corrected chi connectivity index (χ3v) is 2.03. The molecule has 2 heterocycles. The zero-order valence-electron chi connectivity index (χ0n) is 6.34. The molecule has 2 rings (SSSR count). The van der Waals surface area contributed by atoms with Crippen LogP contribution in [0.25, 0.3) is 0 Å². The van der Waals surface area contributed by atoms with Gasteiger partial charge in [0.25, 0.3) is 0 Å². The number of rotatable bonds is 0. The molecule has 0 spiro atoms. The second-order valence-electron chi connectivity index (χ2n) is 2.56. The van der Waals surface area contributed by atoms with Crippen molar-refractivity contribution in [2.75, 3.05) is 0 Å². The first-order valence-corrected chi connectivity index (χ1v) is 3.82. The number of hydrogen-bond donors (Lipinski definition) is 1. The molecule has 0 saturated carbocycles. The summed E-state index contributed by atoms with van der Waals surface area (Å²) in [5.41, 5.74) is 1.90. The highest BCUT2D eigenvalue weighted by molar-refractivity contribution is 6.69. The molecular formula is C7H6ClN3O. The van der Waals surface area contributed by atoms with Gasteiger partial charge in [-0.1, -0.05) is 16.7 Å². The number of fused-ring (bicyclic) bond motifs is 1. The van der Waals surface area contributed by atoms with Crippen LogP contribution in [0.5, 0.6) is 0 Å². The first-order valence-electron chi connectivity index (χ1n) is 3.44. The van der Waals surface area contributed by atoms with Crippen molar-refractivity contribution >= 4 is 22.5 Å². The highest BCUT2D eigenvalue weighted by Crippen LogP contribution is 2.19. The van der Waals surface area contributed by atoms with E-state index in [1.54, 1.807) is 12.3 Å². The van der Waals surface area contributed by atoms with E-state index < -0.39 is 0 Å². The number of nitrogens with one attached hydrogen (secondary N) is 1. The van der Waals surface area contributed by atoms with Crippen molar-refractivity contribution in [3.63, 3.8) is 0 Å². The van der Waals surface area contributed by atoms with Crippen molar-refractivity contribution in [3.05, 3.63) is 28.7 Å². The van der Waals surface area contributed by atoms with Crippen molar-refractivity contribution in [2.45, 2.75) is 6.92 Å². The average molecular weight is 184 g/mol. The lowest BCUT2D eigenvalue weighted by Crippen LogP contribution is -2.95. The zero-order chi connectivity index (χ0) is 8.72. The molecule has 1 atom stereocenters. The van der Waals surface area contributed by atoms with Gasteiger partial charge in [0.1, 0.15) is 0 Å². The second-order valence-corrected chi connectivity index (χ2v) is 2.92. The van der Waals surface area contributed by atoms with Gasteiger partial charge in [0.05, 0.1) is 0 Å². The van der Waals surface area contributed by atoms with Crippen LogP contribution in [0.3, 0.4) is 0 Å². The fourth-order valence-electron chi connectivity index (χ4n) is 1.18. The van der Waals surface area contributed by atoms with Crippen molar-refractivity contribution < 1.29 is 5.17 Å². The quantitative estimate of drug-likeness (QED) is 0.589. The number of aromatic nitrogens is 1. The summed E-state index contributed by atoms with van der Waals surface area (Å²) in [5, 5.41) is 14.7. The lowest BCUT2D eigenvalue weighted by atomic mass is 10.2. The molecule has 1 aromatic heterocycles. The molecule has 0 bridgehead atoms. The monoisotopic (exact) mass is 183 g/mol. The van der Waals surface area contributed by atoms with E-state index in [2.05, 4.69) is 10.1 Å². The highest BCUT2D eigenvalue weighted by atomic mass is 35.5. The lowest BCUT2D eigenvalue weighted by molar-refractivity contribution is -0.780. The van der Waals surface area contributed by atoms with Crippen LogP contribution in [0, 0.1) is 12.1 Å². The summed E-state index contributed by atoms with van der Waals surface area (Å²) in [5.74, 6) is 0.